The van der Waals surface area contributed by atoms with Gasteiger partial charge >= 0.3 is 11.9 Å². The number of aryl methyl sites for hydroxylation is 1. The van der Waals surface area contributed by atoms with Crippen molar-refractivity contribution in [3.05, 3.63) is 59.2 Å². The van der Waals surface area contributed by atoms with Crippen molar-refractivity contribution in [3.8, 4) is 0 Å². The minimum atomic E-state index is -3.91. The van der Waals surface area contributed by atoms with E-state index in [-0.39, 0.29) is 9.79 Å². The second-order valence-electron chi connectivity index (χ2n) is 4.63. The van der Waals surface area contributed by atoms with Gasteiger partial charge in [0.25, 0.3) is 0 Å². The number of aromatic carboxylic acids is 2. The topological polar surface area (TPSA) is 109 Å². The van der Waals surface area contributed by atoms with Crippen LogP contribution in [-0.4, -0.2) is 30.6 Å². The molecule has 22 heavy (non-hydrogen) atoms. The van der Waals surface area contributed by atoms with Crippen LogP contribution in [-0.2, 0) is 9.84 Å². The van der Waals surface area contributed by atoms with E-state index in [0.717, 1.165) is 23.8 Å². The minimum Gasteiger partial charge on any atom is -0.478 e. The van der Waals surface area contributed by atoms with Crippen molar-refractivity contribution in [3.63, 3.8) is 0 Å². The van der Waals surface area contributed by atoms with E-state index in [1.54, 1.807) is 19.1 Å². The van der Waals surface area contributed by atoms with Crippen LogP contribution in [0, 0.1) is 6.92 Å². The van der Waals surface area contributed by atoms with Gasteiger partial charge in [-0.2, -0.15) is 0 Å². The Balaban J connectivity index is 2.62. The van der Waals surface area contributed by atoms with Crippen LogP contribution in [0.25, 0.3) is 0 Å². The number of sulfone groups is 1. The second kappa shape index (κ2) is 5.61. The monoisotopic (exact) mass is 320 g/mol. The molecule has 2 N–H and O–H groups in total. The Morgan fingerprint density at radius 2 is 1.32 bits per heavy atom. The fourth-order valence-electron chi connectivity index (χ4n) is 1.91. The Kier molecular flexibility index (Phi) is 4.01. The molecule has 114 valence electrons. The minimum absolute atomic E-state index is 0.0116. The Morgan fingerprint density at radius 3 is 1.82 bits per heavy atom. The molecule has 0 aliphatic rings. The summed E-state index contributed by atoms with van der Waals surface area (Å²) < 4.78 is 24.9. The van der Waals surface area contributed by atoms with Crippen LogP contribution in [0.2, 0.25) is 0 Å². The van der Waals surface area contributed by atoms with Crippen LogP contribution in [0.1, 0.15) is 26.3 Å². The van der Waals surface area contributed by atoms with Crippen LogP contribution in [0.5, 0.6) is 0 Å². The summed E-state index contributed by atoms with van der Waals surface area (Å²) in [5.41, 5.74) is -0.151. The van der Waals surface area contributed by atoms with Gasteiger partial charge in [-0.3, -0.25) is 0 Å². The molecule has 0 spiro atoms. The zero-order valence-corrected chi connectivity index (χ0v) is 12.3. The molecule has 0 saturated heterocycles. The quantitative estimate of drug-likeness (QED) is 0.894. The van der Waals surface area contributed by atoms with Crippen molar-refractivity contribution in [2.75, 3.05) is 0 Å². The average Bonchev–Trinajstić information content (AvgIpc) is 2.46. The van der Waals surface area contributed by atoms with E-state index in [1.165, 1.54) is 12.1 Å². The first-order valence-corrected chi connectivity index (χ1v) is 7.64. The molecule has 7 heteroatoms. The van der Waals surface area contributed by atoms with Crippen LogP contribution in [0.3, 0.4) is 0 Å². The largest absolute Gasteiger partial charge is 0.478 e. The molecular formula is C15H12O6S. The van der Waals surface area contributed by atoms with Crippen molar-refractivity contribution < 1.29 is 28.2 Å². The lowest BCUT2D eigenvalue weighted by Crippen LogP contribution is -2.10. The zero-order chi connectivity index (χ0) is 16.5. The molecular weight excluding hydrogens is 308 g/mol. The second-order valence-corrected chi connectivity index (χ2v) is 6.58. The predicted octanol–water partition coefficient (Wildman–Crippen LogP) is 2.22. The smallest absolute Gasteiger partial charge is 0.336 e. The fraction of sp³-hybridized carbons (Fsp3) is 0.0667. The molecule has 2 rings (SSSR count). The number of hydrogen-bond donors (Lipinski definition) is 2. The van der Waals surface area contributed by atoms with Crippen molar-refractivity contribution in [2.45, 2.75) is 16.7 Å². The molecule has 6 nitrogen and oxygen atoms in total. The van der Waals surface area contributed by atoms with Gasteiger partial charge in [0.05, 0.1) is 20.9 Å². The van der Waals surface area contributed by atoms with Gasteiger partial charge in [-0.1, -0.05) is 17.7 Å². The summed E-state index contributed by atoms with van der Waals surface area (Å²) in [4.78, 5) is 21.9. The SMILES string of the molecule is Cc1ccc(S(=O)(=O)c2ccc(C(=O)O)c(C(=O)O)c2)cc1. The third-order valence-electron chi connectivity index (χ3n) is 3.09. The van der Waals surface area contributed by atoms with Gasteiger partial charge in [-0.25, -0.2) is 18.0 Å². The van der Waals surface area contributed by atoms with Gasteiger partial charge < -0.3 is 10.2 Å². The van der Waals surface area contributed by atoms with Gasteiger partial charge in [0, 0.05) is 0 Å². The third kappa shape index (κ3) is 2.84. The molecule has 0 heterocycles. The highest BCUT2D eigenvalue weighted by molar-refractivity contribution is 7.91. The van der Waals surface area contributed by atoms with Crippen molar-refractivity contribution in [1.29, 1.82) is 0 Å². The molecule has 2 aromatic carbocycles. The molecule has 0 unspecified atom stereocenters. The van der Waals surface area contributed by atoms with Crippen LogP contribution in [0.4, 0.5) is 0 Å². The predicted molar refractivity (Wildman–Crippen MR) is 77.0 cm³/mol. The summed E-state index contributed by atoms with van der Waals surface area (Å²) in [6, 6.07) is 9.00. The van der Waals surface area contributed by atoms with Crippen LogP contribution < -0.4 is 0 Å². The van der Waals surface area contributed by atoms with Crippen LogP contribution in [0.15, 0.2) is 52.3 Å². The van der Waals surface area contributed by atoms with E-state index >= 15 is 0 Å². The fourth-order valence-corrected chi connectivity index (χ4v) is 3.19. The number of carbonyl (C=O) groups is 2. The summed E-state index contributed by atoms with van der Waals surface area (Å²) >= 11 is 0. The lowest BCUT2D eigenvalue weighted by Gasteiger charge is -2.08. The highest BCUT2D eigenvalue weighted by atomic mass is 32.2. The Bertz CT molecular complexity index is 850. The van der Waals surface area contributed by atoms with Crippen LogP contribution >= 0.6 is 0 Å². The van der Waals surface area contributed by atoms with E-state index in [4.69, 9.17) is 10.2 Å². The number of rotatable bonds is 4. The molecule has 2 aromatic rings. The first-order valence-electron chi connectivity index (χ1n) is 6.16. The van der Waals surface area contributed by atoms with Crippen molar-refractivity contribution >= 4 is 21.8 Å². The van der Waals surface area contributed by atoms with E-state index in [9.17, 15) is 18.0 Å². The summed E-state index contributed by atoms with van der Waals surface area (Å²) in [6.07, 6.45) is 0. The summed E-state index contributed by atoms with van der Waals surface area (Å²) in [6.45, 7) is 1.81. The maximum atomic E-state index is 12.5. The number of carboxylic acid groups (broad SMARTS) is 2. The average molecular weight is 320 g/mol. The molecule has 0 bridgehead atoms. The molecule has 0 aliphatic heterocycles. The van der Waals surface area contributed by atoms with Crippen molar-refractivity contribution in [2.24, 2.45) is 0 Å². The number of hydrogen-bond acceptors (Lipinski definition) is 4. The summed E-state index contributed by atoms with van der Waals surface area (Å²) in [5, 5.41) is 18.0. The molecule has 0 aromatic heterocycles. The number of benzene rings is 2. The molecule has 0 amide bonds. The third-order valence-corrected chi connectivity index (χ3v) is 4.86. The first-order chi connectivity index (χ1) is 10.2. The van der Waals surface area contributed by atoms with E-state index < -0.39 is 32.9 Å². The Labute approximate surface area is 126 Å². The van der Waals surface area contributed by atoms with Crippen molar-refractivity contribution in [1.82, 2.24) is 0 Å². The molecule has 0 atom stereocenters. The Hall–Kier alpha value is -2.67. The zero-order valence-electron chi connectivity index (χ0n) is 11.5. The standard InChI is InChI=1S/C15H12O6S/c1-9-2-4-10(5-3-9)22(20,21)11-6-7-12(14(16)17)13(8-11)15(18)19/h2-8H,1H3,(H,16,17)(H,18,19). The first kappa shape index (κ1) is 15.7. The maximum Gasteiger partial charge on any atom is 0.336 e. The normalized spacial score (nSPS) is 11.1. The lowest BCUT2D eigenvalue weighted by molar-refractivity contribution is 0.0651. The van der Waals surface area contributed by atoms with E-state index in [0.29, 0.717) is 0 Å². The summed E-state index contributed by atoms with van der Waals surface area (Å²) in [5.74, 6) is -2.94. The van der Waals surface area contributed by atoms with Gasteiger partial charge in [-0.15, -0.1) is 0 Å². The van der Waals surface area contributed by atoms with Gasteiger partial charge in [0.2, 0.25) is 9.84 Å². The molecule has 0 aliphatic carbocycles. The van der Waals surface area contributed by atoms with Gasteiger partial charge in [0.1, 0.15) is 0 Å². The Morgan fingerprint density at radius 1 is 0.818 bits per heavy atom. The number of carboxylic acids is 2. The molecule has 0 fully saturated rings. The molecule has 0 radical (unpaired) electrons. The maximum absolute atomic E-state index is 12.5. The van der Waals surface area contributed by atoms with E-state index in [2.05, 4.69) is 0 Å². The van der Waals surface area contributed by atoms with Gasteiger partial charge in [0.15, 0.2) is 0 Å². The highest BCUT2D eigenvalue weighted by Gasteiger charge is 2.23. The van der Waals surface area contributed by atoms with E-state index in [1.807, 2.05) is 0 Å². The molecule has 0 saturated carbocycles. The summed E-state index contributed by atoms with van der Waals surface area (Å²) in [7, 11) is -3.91. The highest BCUT2D eigenvalue weighted by Crippen LogP contribution is 2.24. The van der Waals surface area contributed by atoms with Gasteiger partial charge in [-0.05, 0) is 37.3 Å². The lowest BCUT2D eigenvalue weighted by atomic mass is 10.1.